The lowest BCUT2D eigenvalue weighted by molar-refractivity contribution is -0.118. The molecule has 1 amide bonds. The van der Waals surface area contributed by atoms with Crippen LogP contribution in [0.1, 0.15) is 17.2 Å². The molecule has 1 N–H and O–H groups in total. The summed E-state index contributed by atoms with van der Waals surface area (Å²) in [5, 5.41) is 3.05. The molecule has 0 saturated heterocycles. The zero-order valence-electron chi connectivity index (χ0n) is 15.3. The Labute approximate surface area is 154 Å². The van der Waals surface area contributed by atoms with Gasteiger partial charge >= 0.3 is 0 Å². The van der Waals surface area contributed by atoms with E-state index >= 15 is 0 Å². The second-order valence-corrected chi connectivity index (χ2v) is 7.13. The van der Waals surface area contributed by atoms with Gasteiger partial charge in [0, 0.05) is 11.4 Å². The molecule has 2 aromatic rings. The number of benzene rings is 2. The molecule has 2 rings (SSSR count). The van der Waals surface area contributed by atoms with E-state index in [9.17, 15) is 4.79 Å². The number of likely N-dealkylation sites (N-methyl/N-ethyl adjacent to an activating group) is 1. The summed E-state index contributed by atoms with van der Waals surface area (Å²) in [7, 11) is 5.69. The van der Waals surface area contributed by atoms with Crippen molar-refractivity contribution >= 4 is 17.7 Å². The normalized spacial score (nSPS) is 12.0. The molecule has 0 spiro atoms. The summed E-state index contributed by atoms with van der Waals surface area (Å²) in [5.74, 6) is 1.29. The highest BCUT2D eigenvalue weighted by atomic mass is 32.2. The summed E-state index contributed by atoms with van der Waals surface area (Å²) in [6.45, 7) is 2.62. The van der Waals surface area contributed by atoms with E-state index in [4.69, 9.17) is 4.74 Å². The van der Waals surface area contributed by atoms with Crippen molar-refractivity contribution in [3.63, 3.8) is 0 Å². The Kier molecular flexibility index (Phi) is 7.34. The molecule has 0 fully saturated rings. The van der Waals surface area contributed by atoms with Gasteiger partial charge in [-0.3, -0.25) is 4.79 Å². The standard InChI is InChI=1S/C20H26N2O2S/c1-15-8-5-6-11-19(15)25-14-20(23)21-13-18(22(2)3)16-9-7-10-17(12-16)24-4/h5-12,18H,13-14H2,1-4H3,(H,21,23)/t18-/m1/s1. The fourth-order valence-electron chi connectivity index (χ4n) is 2.57. The van der Waals surface area contributed by atoms with Gasteiger partial charge in [0.25, 0.3) is 0 Å². The lowest BCUT2D eigenvalue weighted by Crippen LogP contribution is -2.35. The van der Waals surface area contributed by atoms with Crippen molar-refractivity contribution in [1.82, 2.24) is 10.2 Å². The van der Waals surface area contributed by atoms with Crippen LogP contribution in [0.3, 0.4) is 0 Å². The average molecular weight is 359 g/mol. The molecule has 1 atom stereocenters. The Morgan fingerprint density at radius 2 is 1.96 bits per heavy atom. The summed E-state index contributed by atoms with van der Waals surface area (Å²) in [6.07, 6.45) is 0. The maximum atomic E-state index is 12.2. The Bertz CT molecular complexity index is 704. The van der Waals surface area contributed by atoms with Gasteiger partial charge in [-0.15, -0.1) is 11.8 Å². The van der Waals surface area contributed by atoms with Gasteiger partial charge in [0.1, 0.15) is 5.75 Å². The highest BCUT2D eigenvalue weighted by molar-refractivity contribution is 8.00. The zero-order chi connectivity index (χ0) is 18.2. The second kappa shape index (κ2) is 9.49. The number of carbonyl (C=O) groups excluding carboxylic acids is 1. The van der Waals surface area contributed by atoms with E-state index in [0.717, 1.165) is 16.2 Å². The van der Waals surface area contributed by atoms with E-state index in [2.05, 4.69) is 29.3 Å². The Balaban J connectivity index is 1.92. The van der Waals surface area contributed by atoms with E-state index in [1.54, 1.807) is 18.9 Å². The van der Waals surface area contributed by atoms with E-state index in [1.165, 1.54) is 5.56 Å². The summed E-state index contributed by atoms with van der Waals surface area (Å²) in [6, 6.07) is 16.2. The fraction of sp³-hybridized carbons (Fsp3) is 0.350. The minimum absolute atomic E-state index is 0.0444. The van der Waals surface area contributed by atoms with Gasteiger partial charge in [0.15, 0.2) is 0 Å². The first-order valence-corrected chi connectivity index (χ1v) is 9.25. The number of amides is 1. The number of methoxy groups -OCH3 is 1. The predicted molar refractivity (Wildman–Crippen MR) is 104 cm³/mol. The van der Waals surface area contributed by atoms with E-state index < -0.39 is 0 Å². The number of hydrogen-bond donors (Lipinski definition) is 1. The molecular formula is C20H26N2O2S. The first-order valence-electron chi connectivity index (χ1n) is 8.26. The second-order valence-electron chi connectivity index (χ2n) is 6.11. The highest BCUT2D eigenvalue weighted by Crippen LogP contribution is 2.23. The largest absolute Gasteiger partial charge is 0.497 e. The number of nitrogens with zero attached hydrogens (tertiary/aromatic N) is 1. The number of ether oxygens (including phenoxy) is 1. The SMILES string of the molecule is COc1cccc([C@@H](CNC(=O)CSc2ccccc2C)N(C)C)c1. The number of rotatable bonds is 8. The number of aryl methyl sites for hydroxylation is 1. The Morgan fingerprint density at radius 1 is 1.20 bits per heavy atom. The van der Waals surface area contributed by atoms with Gasteiger partial charge in [-0.1, -0.05) is 30.3 Å². The quantitative estimate of drug-likeness (QED) is 0.733. The maximum Gasteiger partial charge on any atom is 0.230 e. The number of carbonyl (C=O) groups is 1. The summed E-state index contributed by atoms with van der Waals surface area (Å²) < 4.78 is 5.30. The highest BCUT2D eigenvalue weighted by Gasteiger charge is 2.16. The molecule has 2 aromatic carbocycles. The van der Waals surface area contributed by atoms with Crippen LogP contribution in [0.25, 0.3) is 0 Å². The van der Waals surface area contributed by atoms with Crippen LogP contribution in [0.15, 0.2) is 53.4 Å². The molecule has 0 bridgehead atoms. The van der Waals surface area contributed by atoms with Gasteiger partial charge in [-0.2, -0.15) is 0 Å². The molecule has 0 heterocycles. The van der Waals surface area contributed by atoms with Crippen LogP contribution in [0.5, 0.6) is 5.75 Å². The molecule has 5 heteroatoms. The smallest absolute Gasteiger partial charge is 0.230 e. The molecular weight excluding hydrogens is 332 g/mol. The zero-order valence-corrected chi connectivity index (χ0v) is 16.1. The van der Waals surface area contributed by atoms with Gasteiger partial charge in [-0.25, -0.2) is 0 Å². The average Bonchev–Trinajstić information content (AvgIpc) is 2.61. The molecule has 0 aliphatic heterocycles. The van der Waals surface area contributed by atoms with Gasteiger partial charge in [0.2, 0.25) is 5.91 Å². The molecule has 25 heavy (non-hydrogen) atoms. The van der Waals surface area contributed by atoms with Crippen LogP contribution in [-0.4, -0.2) is 44.3 Å². The first kappa shape index (κ1) is 19.3. The van der Waals surface area contributed by atoms with Crippen molar-refractivity contribution in [2.24, 2.45) is 0 Å². The van der Waals surface area contributed by atoms with Crippen LogP contribution in [0.4, 0.5) is 0 Å². The minimum atomic E-state index is 0.0444. The predicted octanol–water partition coefficient (Wildman–Crippen LogP) is 3.51. The summed E-state index contributed by atoms with van der Waals surface area (Å²) in [5.41, 5.74) is 2.32. The van der Waals surface area contributed by atoms with Crippen LogP contribution >= 0.6 is 11.8 Å². The molecule has 0 unspecified atom stereocenters. The van der Waals surface area contributed by atoms with Crippen molar-refractivity contribution in [2.75, 3.05) is 33.5 Å². The van der Waals surface area contributed by atoms with E-state index in [1.807, 2.05) is 50.5 Å². The fourth-order valence-corrected chi connectivity index (χ4v) is 3.43. The molecule has 0 radical (unpaired) electrons. The van der Waals surface area contributed by atoms with Crippen LogP contribution in [0, 0.1) is 6.92 Å². The van der Waals surface area contributed by atoms with Gasteiger partial charge in [-0.05, 0) is 50.3 Å². The molecule has 0 aliphatic rings. The van der Waals surface area contributed by atoms with Crippen molar-refractivity contribution in [3.8, 4) is 5.75 Å². The maximum absolute atomic E-state index is 12.2. The lowest BCUT2D eigenvalue weighted by Gasteiger charge is -2.25. The molecule has 134 valence electrons. The van der Waals surface area contributed by atoms with Gasteiger partial charge < -0.3 is 15.0 Å². The van der Waals surface area contributed by atoms with Crippen LogP contribution < -0.4 is 10.1 Å². The summed E-state index contributed by atoms with van der Waals surface area (Å²) >= 11 is 1.57. The monoisotopic (exact) mass is 358 g/mol. The lowest BCUT2D eigenvalue weighted by atomic mass is 10.1. The van der Waals surface area contributed by atoms with Crippen molar-refractivity contribution in [2.45, 2.75) is 17.9 Å². The third kappa shape index (κ3) is 5.80. The van der Waals surface area contributed by atoms with Crippen molar-refractivity contribution in [3.05, 3.63) is 59.7 Å². The number of nitrogens with one attached hydrogen (secondary N) is 1. The molecule has 4 nitrogen and oxygen atoms in total. The minimum Gasteiger partial charge on any atom is -0.497 e. The number of thioether (sulfide) groups is 1. The molecule has 0 saturated carbocycles. The van der Waals surface area contributed by atoms with Crippen molar-refractivity contribution < 1.29 is 9.53 Å². The molecule has 0 aliphatic carbocycles. The third-order valence-electron chi connectivity index (χ3n) is 4.05. The van der Waals surface area contributed by atoms with Crippen LogP contribution in [0.2, 0.25) is 0 Å². The topological polar surface area (TPSA) is 41.6 Å². The van der Waals surface area contributed by atoms with Crippen LogP contribution in [-0.2, 0) is 4.79 Å². The van der Waals surface area contributed by atoms with Crippen molar-refractivity contribution in [1.29, 1.82) is 0 Å². The molecule has 0 aromatic heterocycles. The summed E-state index contributed by atoms with van der Waals surface area (Å²) in [4.78, 5) is 15.5. The van der Waals surface area contributed by atoms with E-state index in [-0.39, 0.29) is 11.9 Å². The Hall–Kier alpha value is -1.98. The van der Waals surface area contributed by atoms with Gasteiger partial charge in [0.05, 0.1) is 18.9 Å². The number of hydrogen-bond acceptors (Lipinski definition) is 4. The third-order valence-corrected chi connectivity index (χ3v) is 5.22. The van der Waals surface area contributed by atoms with E-state index in [0.29, 0.717) is 12.3 Å². The first-order chi connectivity index (χ1) is 12.0. The Morgan fingerprint density at radius 3 is 2.64 bits per heavy atom.